The zero-order valence-corrected chi connectivity index (χ0v) is 9.69. The number of carbonyl (C=O) groups is 1. The van der Waals surface area contributed by atoms with Gasteiger partial charge in [0.05, 0.1) is 5.69 Å². The Balaban J connectivity index is 2.48. The highest BCUT2D eigenvalue weighted by atomic mass is 16.1. The van der Waals surface area contributed by atoms with Gasteiger partial charge in [0.15, 0.2) is 0 Å². The molecule has 1 aromatic rings. The molecule has 0 saturated heterocycles. The molecule has 82 valence electrons. The van der Waals surface area contributed by atoms with Crippen molar-refractivity contribution in [1.82, 2.24) is 20.1 Å². The Morgan fingerprint density at radius 3 is 2.60 bits per heavy atom. The topological polar surface area (TPSA) is 59.8 Å². The van der Waals surface area contributed by atoms with Gasteiger partial charge in [0.1, 0.15) is 0 Å². The Kier molecular flexibility index (Phi) is 3.88. The first-order chi connectivity index (χ1) is 7.00. The van der Waals surface area contributed by atoms with Gasteiger partial charge >= 0.3 is 7.55 Å². The van der Waals surface area contributed by atoms with Crippen molar-refractivity contribution < 1.29 is 4.79 Å². The largest absolute Gasteiger partial charge is 0.382 e. The molecule has 0 aliphatic heterocycles. The molecule has 0 unspecified atom stereocenters. The average Bonchev–Trinajstić information content (AvgIpc) is 2.62. The Hall–Kier alpha value is -1.33. The van der Waals surface area contributed by atoms with Gasteiger partial charge in [-0.25, -0.2) is 0 Å². The maximum absolute atomic E-state index is 11.3. The third-order valence-electron chi connectivity index (χ3n) is 2.09. The molecule has 1 amide bonds. The summed E-state index contributed by atoms with van der Waals surface area (Å²) in [5, 5.41) is 10.7. The molecule has 0 radical (unpaired) electrons. The van der Waals surface area contributed by atoms with Gasteiger partial charge in [-0.3, -0.25) is 9.39 Å². The number of amides is 1. The third-order valence-corrected chi connectivity index (χ3v) is 2.09. The standard InChI is InChI=1S/C9H17BN4O/c1-6(2)8-5-14(13-12-8)10-11-9(15)7(3)4/h5-7,10H,1-4H3,(H,11,15). The number of aromatic nitrogens is 3. The number of nitrogens with one attached hydrogen (secondary N) is 1. The van der Waals surface area contributed by atoms with E-state index in [1.807, 2.05) is 20.0 Å². The van der Waals surface area contributed by atoms with Crippen LogP contribution in [-0.4, -0.2) is 28.4 Å². The molecule has 6 heteroatoms. The van der Waals surface area contributed by atoms with Crippen molar-refractivity contribution in [3.63, 3.8) is 0 Å². The summed E-state index contributed by atoms with van der Waals surface area (Å²) in [6.07, 6.45) is 1.85. The van der Waals surface area contributed by atoms with Gasteiger partial charge in [-0.2, -0.15) is 0 Å². The zero-order valence-electron chi connectivity index (χ0n) is 9.69. The fourth-order valence-electron chi connectivity index (χ4n) is 1.02. The van der Waals surface area contributed by atoms with Crippen LogP contribution in [0.4, 0.5) is 0 Å². The molecule has 5 nitrogen and oxygen atoms in total. The van der Waals surface area contributed by atoms with Crippen molar-refractivity contribution in [3.05, 3.63) is 11.9 Å². The number of hydrogen-bond donors (Lipinski definition) is 1. The third kappa shape index (κ3) is 3.38. The first-order valence-corrected chi connectivity index (χ1v) is 5.18. The van der Waals surface area contributed by atoms with Crippen LogP contribution >= 0.6 is 0 Å². The van der Waals surface area contributed by atoms with E-state index in [1.54, 1.807) is 4.59 Å². The normalized spacial score (nSPS) is 10.8. The van der Waals surface area contributed by atoms with Gasteiger partial charge in [-0.15, -0.1) is 5.10 Å². The van der Waals surface area contributed by atoms with Crippen molar-refractivity contribution in [1.29, 1.82) is 0 Å². The first-order valence-electron chi connectivity index (χ1n) is 5.18. The quantitative estimate of drug-likeness (QED) is 0.723. The molecule has 0 aliphatic carbocycles. The molecule has 0 spiro atoms. The van der Waals surface area contributed by atoms with Crippen LogP contribution in [0.15, 0.2) is 6.20 Å². The van der Waals surface area contributed by atoms with Crippen LogP contribution in [-0.2, 0) is 4.79 Å². The van der Waals surface area contributed by atoms with E-state index >= 15 is 0 Å². The van der Waals surface area contributed by atoms with Crippen molar-refractivity contribution in [2.45, 2.75) is 33.6 Å². The lowest BCUT2D eigenvalue weighted by Crippen LogP contribution is -2.35. The van der Waals surface area contributed by atoms with E-state index in [2.05, 4.69) is 29.4 Å². The number of nitrogens with zero attached hydrogens (tertiary/aromatic N) is 3. The minimum Gasteiger partial charge on any atom is -0.381 e. The van der Waals surface area contributed by atoms with Crippen LogP contribution in [0, 0.1) is 5.92 Å². The lowest BCUT2D eigenvalue weighted by Gasteiger charge is -2.04. The summed E-state index contributed by atoms with van der Waals surface area (Å²) in [6, 6.07) is 0. The van der Waals surface area contributed by atoms with Gasteiger partial charge in [0.2, 0.25) is 5.91 Å². The van der Waals surface area contributed by atoms with Crippen LogP contribution in [0.1, 0.15) is 39.3 Å². The minimum atomic E-state index is -0.00177. The van der Waals surface area contributed by atoms with E-state index in [1.165, 1.54) is 0 Å². The molecule has 15 heavy (non-hydrogen) atoms. The van der Waals surface area contributed by atoms with Crippen LogP contribution < -0.4 is 5.23 Å². The lowest BCUT2D eigenvalue weighted by atomic mass is 10.1. The summed E-state index contributed by atoms with van der Waals surface area (Å²) < 4.78 is 1.63. The predicted octanol–water partition coefficient (Wildman–Crippen LogP) is 0.288. The summed E-state index contributed by atoms with van der Waals surface area (Å²) in [4.78, 5) is 11.3. The molecular formula is C9H17BN4O. The summed E-state index contributed by atoms with van der Waals surface area (Å²) in [5.41, 5.74) is 0.939. The van der Waals surface area contributed by atoms with Gasteiger partial charge in [0, 0.05) is 12.1 Å². The van der Waals surface area contributed by atoms with Gasteiger partial charge in [0.25, 0.3) is 0 Å². The Labute approximate surface area is 90.5 Å². The molecule has 1 N–H and O–H groups in total. The fourth-order valence-corrected chi connectivity index (χ4v) is 1.02. The molecule has 1 heterocycles. The number of hydrogen-bond acceptors (Lipinski definition) is 3. The minimum absolute atomic E-state index is 0.00177. The molecular weight excluding hydrogens is 191 g/mol. The zero-order chi connectivity index (χ0) is 11.4. The summed E-state index contributed by atoms with van der Waals surface area (Å²) in [6.45, 7) is 7.83. The number of rotatable bonds is 4. The molecule has 1 rings (SSSR count). The monoisotopic (exact) mass is 208 g/mol. The van der Waals surface area contributed by atoms with Crippen molar-refractivity contribution in [2.24, 2.45) is 5.92 Å². The lowest BCUT2D eigenvalue weighted by molar-refractivity contribution is -0.122. The highest BCUT2D eigenvalue weighted by Gasteiger charge is 2.09. The number of carbonyl (C=O) groups excluding carboxylic acids is 1. The van der Waals surface area contributed by atoms with Crippen LogP contribution in [0.5, 0.6) is 0 Å². The van der Waals surface area contributed by atoms with Crippen LogP contribution in [0.3, 0.4) is 0 Å². The van der Waals surface area contributed by atoms with Gasteiger partial charge < -0.3 is 5.23 Å². The maximum atomic E-state index is 11.3. The molecule has 1 aromatic heterocycles. The second kappa shape index (κ2) is 4.95. The van der Waals surface area contributed by atoms with E-state index < -0.39 is 0 Å². The van der Waals surface area contributed by atoms with Crippen LogP contribution in [0.25, 0.3) is 0 Å². The van der Waals surface area contributed by atoms with Crippen molar-refractivity contribution in [3.8, 4) is 0 Å². The average molecular weight is 208 g/mol. The Morgan fingerprint density at radius 2 is 2.13 bits per heavy atom. The van der Waals surface area contributed by atoms with Gasteiger partial charge in [-0.1, -0.05) is 32.9 Å². The fraction of sp³-hybridized carbons (Fsp3) is 0.667. The first kappa shape index (κ1) is 11.7. The smallest absolute Gasteiger partial charge is 0.381 e. The second-order valence-electron chi connectivity index (χ2n) is 4.19. The maximum Gasteiger partial charge on any atom is 0.382 e. The molecule has 0 aliphatic rings. The second-order valence-corrected chi connectivity index (χ2v) is 4.19. The SMILES string of the molecule is CC(C)C(=O)NBn1cc(C(C)C)nn1. The van der Waals surface area contributed by atoms with E-state index in [0.29, 0.717) is 13.5 Å². The van der Waals surface area contributed by atoms with Crippen molar-refractivity contribution >= 4 is 13.5 Å². The van der Waals surface area contributed by atoms with E-state index in [4.69, 9.17) is 0 Å². The highest BCUT2D eigenvalue weighted by molar-refractivity contribution is 6.34. The van der Waals surface area contributed by atoms with E-state index in [9.17, 15) is 4.79 Å². The van der Waals surface area contributed by atoms with E-state index in [0.717, 1.165) is 5.69 Å². The van der Waals surface area contributed by atoms with Crippen molar-refractivity contribution in [2.75, 3.05) is 0 Å². The molecule has 0 aromatic carbocycles. The summed E-state index contributed by atoms with van der Waals surface area (Å²) in [5.74, 6) is 0.384. The molecule has 0 fully saturated rings. The summed E-state index contributed by atoms with van der Waals surface area (Å²) in [7, 11) is 0.386. The summed E-state index contributed by atoms with van der Waals surface area (Å²) >= 11 is 0. The van der Waals surface area contributed by atoms with Gasteiger partial charge in [-0.05, 0) is 5.92 Å². The molecule has 0 atom stereocenters. The van der Waals surface area contributed by atoms with E-state index in [-0.39, 0.29) is 11.8 Å². The predicted molar refractivity (Wildman–Crippen MR) is 59.6 cm³/mol. The molecule has 0 bridgehead atoms. The Bertz CT molecular complexity index is 335. The van der Waals surface area contributed by atoms with Crippen LogP contribution in [0.2, 0.25) is 0 Å². The molecule has 0 saturated carbocycles. The Morgan fingerprint density at radius 1 is 1.47 bits per heavy atom. The highest BCUT2D eigenvalue weighted by Crippen LogP contribution is 2.07.